The highest BCUT2D eigenvalue weighted by Crippen LogP contribution is 2.27. The van der Waals surface area contributed by atoms with Crippen molar-refractivity contribution in [2.24, 2.45) is 0 Å². The number of methoxy groups -OCH3 is 1. The van der Waals surface area contributed by atoms with Gasteiger partial charge in [0.05, 0.1) is 19.0 Å². The Kier molecular flexibility index (Phi) is 4.08. The molecule has 0 aliphatic carbocycles. The number of carbonyl (C=O) groups excluding carboxylic acids is 1. The van der Waals surface area contributed by atoms with Crippen LogP contribution in [0.3, 0.4) is 0 Å². The summed E-state index contributed by atoms with van der Waals surface area (Å²) in [4.78, 5) is 27.1. The molecular formula is C19H17NO4. The van der Waals surface area contributed by atoms with Crippen LogP contribution in [0.4, 0.5) is 0 Å². The second kappa shape index (κ2) is 6.20. The summed E-state index contributed by atoms with van der Waals surface area (Å²) in [6.45, 7) is 1.82. The van der Waals surface area contributed by atoms with Crippen LogP contribution < -0.4 is 4.74 Å². The fourth-order valence-corrected chi connectivity index (χ4v) is 2.87. The number of hydrogen-bond acceptors (Lipinski definition) is 3. The van der Waals surface area contributed by atoms with Crippen LogP contribution in [-0.2, 0) is 11.2 Å². The molecule has 3 aromatic rings. The number of benzene rings is 2. The summed E-state index contributed by atoms with van der Waals surface area (Å²) in [6, 6.07) is 12.3. The molecule has 1 heterocycles. The van der Waals surface area contributed by atoms with Crippen molar-refractivity contribution < 1.29 is 19.4 Å². The number of H-pyrrole nitrogens is 1. The molecule has 0 bridgehead atoms. The van der Waals surface area contributed by atoms with E-state index in [1.165, 1.54) is 0 Å². The van der Waals surface area contributed by atoms with Gasteiger partial charge in [0.2, 0.25) is 0 Å². The lowest BCUT2D eigenvalue weighted by atomic mass is 9.99. The Balaban J connectivity index is 2.08. The summed E-state index contributed by atoms with van der Waals surface area (Å²) < 4.78 is 5.11. The smallest absolute Gasteiger partial charge is 0.307 e. The van der Waals surface area contributed by atoms with Gasteiger partial charge in [0.1, 0.15) is 5.75 Å². The predicted octanol–water partition coefficient (Wildman–Crippen LogP) is 3.34. The number of aryl methyl sites for hydroxylation is 1. The van der Waals surface area contributed by atoms with Crippen molar-refractivity contribution in [3.8, 4) is 5.75 Å². The number of carboxylic acids is 1. The van der Waals surface area contributed by atoms with E-state index >= 15 is 0 Å². The van der Waals surface area contributed by atoms with Crippen molar-refractivity contribution in [2.75, 3.05) is 7.11 Å². The van der Waals surface area contributed by atoms with Crippen molar-refractivity contribution in [1.82, 2.24) is 4.98 Å². The molecule has 0 aliphatic rings. The lowest BCUT2D eigenvalue weighted by molar-refractivity contribution is -0.136. The highest BCUT2D eigenvalue weighted by molar-refractivity contribution is 6.16. The zero-order chi connectivity index (χ0) is 17.3. The van der Waals surface area contributed by atoms with Crippen LogP contribution in [0.1, 0.15) is 27.2 Å². The molecular weight excluding hydrogens is 306 g/mol. The lowest BCUT2D eigenvalue weighted by Gasteiger charge is -2.05. The molecule has 0 atom stereocenters. The van der Waals surface area contributed by atoms with Gasteiger partial charge in [-0.3, -0.25) is 9.59 Å². The number of aromatic amines is 1. The fourth-order valence-electron chi connectivity index (χ4n) is 2.87. The Hall–Kier alpha value is -3.08. The molecule has 2 aromatic carbocycles. The largest absolute Gasteiger partial charge is 0.497 e. The Bertz CT molecular complexity index is 922. The first-order chi connectivity index (χ1) is 11.5. The van der Waals surface area contributed by atoms with E-state index in [1.54, 1.807) is 43.5 Å². The monoisotopic (exact) mass is 323 g/mol. The third kappa shape index (κ3) is 2.76. The number of hydrogen-bond donors (Lipinski definition) is 2. The Morgan fingerprint density at radius 2 is 1.83 bits per heavy atom. The first-order valence-corrected chi connectivity index (χ1v) is 7.52. The topological polar surface area (TPSA) is 79.4 Å². The molecule has 122 valence electrons. The summed E-state index contributed by atoms with van der Waals surface area (Å²) in [6.07, 6.45) is -0.0774. The first kappa shape index (κ1) is 15.8. The molecule has 0 spiro atoms. The number of ether oxygens (including phenoxy) is 1. The van der Waals surface area contributed by atoms with Crippen molar-refractivity contribution in [1.29, 1.82) is 0 Å². The summed E-state index contributed by atoms with van der Waals surface area (Å²) in [5, 5.41) is 9.85. The zero-order valence-electron chi connectivity index (χ0n) is 13.4. The minimum atomic E-state index is -0.897. The maximum Gasteiger partial charge on any atom is 0.307 e. The zero-order valence-corrected chi connectivity index (χ0v) is 13.4. The number of nitrogens with one attached hydrogen (secondary N) is 1. The molecule has 0 radical (unpaired) electrons. The maximum absolute atomic E-state index is 12.8. The maximum atomic E-state index is 12.8. The number of ketones is 1. The average Bonchev–Trinajstić information content (AvgIpc) is 2.89. The number of aromatic nitrogens is 1. The number of carboxylic acid groups (broad SMARTS) is 1. The number of aliphatic carboxylic acids is 1. The summed E-state index contributed by atoms with van der Waals surface area (Å²) in [7, 11) is 1.57. The van der Waals surface area contributed by atoms with E-state index < -0.39 is 5.97 Å². The second-order valence-corrected chi connectivity index (χ2v) is 5.58. The van der Waals surface area contributed by atoms with Crippen molar-refractivity contribution >= 4 is 22.7 Å². The van der Waals surface area contributed by atoms with Crippen molar-refractivity contribution in [3.05, 3.63) is 64.8 Å². The van der Waals surface area contributed by atoms with E-state index in [0.29, 0.717) is 28.0 Å². The minimum absolute atomic E-state index is 0.0774. The molecule has 0 amide bonds. The van der Waals surface area contributed by atoms with Crippen molar-refractivity contribution in [2.45, 2.75) is 13.3 Å². The third-order valence-corrected chi connectivity index (χ3v) is 4.08. The number of rotatable bonds is 5. The Morgan fingerprint density at radius 3 is 2.46 bits per heavy atom. The minimum Gasteiger partial charge on any atom is -0.497 e. The Morgan fingerprint density at radius 1 is 1.12 bits per heavy atom. The Labute approximate surface area is 138 Å². The van der Waals surface area contributed by atoms with Crippen molar-refractivity contribution in [3.63, 3.8) is 0 Å². The van der Waals surface area contributed by atoms with Gasteiger partial charge in [-0.1, -0.05) is 12.1 Å². The van der Waals surface area contributed by atoms with Crippen LogP contribution in [0.15, 0.2) is 42.5 Å². The van der Waals surface area contributed by atoms with Gasteiger partial charge in [0.15, 0.2) is 5.78 Å². The highest BCUT2D eigenvalue weighted by atomic mass is 16.5. The van der Waals surface area contributed by atoms with E-state index in [2.05, 4.69) is 4.98 Å². The molecule has 5 heteroatoms. The van der Waals surface area contributed by atoms with Gasteiger partial charge in [-0.15, -0.1) is 0 Å². The number of carbonyl (C=O) groups is 2. The van der Waals surface area contributed by atoms with Gasteiger partial charge in [0.25, 0.3) is 0 Å². The molecule has 0 saturated heterocycles. The molecule has 3 rings (SSSR count). The van der Waals surface area contributed by atoms with E-state index in [4.69, 9.17) is 9.84 Å². The fraction of sp³-hybridized carbons (Fsp3) is 0.158. The van der Waals surface area contributed by atoms with Gasteiger partial charge >= 0.3 is 5.97 Å². The normalized spacial score (nSPS) is 10.8. The van der Waals surface area contributed by atoms with Crippen LogP contribution in [0.2, 0.25) is 0 Å². The SMILES string of the molecule is COc1ccc(C(=O)c2cccc3c(CC(=O)O)c(C)[nH]c23)cc1. The quantitative estimate of drug-likeness (QED) is 0.706. The van der Waals surface area contributed by atoms with Crippen LogP contribution in [0, 0.1) is 6.92 Å². The summed E-state index contributed by atoms with van der Waals surface area (Å²) in [5.41, 5.74) is 3.23. The van der Waals surface area contributed by atoms with Gasteiger partial charge in [-0.05, 0) is 42.8 Å². The van der Waals surface area contributed by atoms with E-state index in [1.807, 2.05) is 13.0 Å². The number of para-hydroxylation sites is 1. The molecule has 2 N–H and O–H groups in total. The molecule has 1 aromatic heterocycles. The van der Waals surface area contributed by atoms with Crippen LogP contribution >= 0.6 is 0 Å². The van der Waals surface area contributed by atoms with Gasteiger partial charge < -0.3 is 14.8 Å². The summed E-state index contributed by atoms with van der Waals surface area (Å²) >= 11 is 0. The first-order valence-electron chi connectivity index (χ1n) is 7.52. The molecule has 0 saturated carbocycles. The molecule has 24 heavy (non-hydrogen) atoms. The molecule has 5 nitrogen and oxygen atoms in total. The van der Waals surface area contributed by atoms with Crippen LogP contribution in [0.25, 0.3) is 10.9 Å². The van der Waals surface area contributed by atoms with E-state index in [9.17, 15) is 9.59 Å². The van der Waals surface area contributed by atoms with Gasteiger partial charge in [0, 0.05) is 22.2 Å². The second-order valence-electron chi connectivity index (χ2n) is 5.58. The molecule has 0 unspecified atom stereocenters. The van der Waals surface area contributed by atoms with Crippen LogP contribution in [0.5, 0.6) is 5.75 Å². The van der Waals surface area contributed by atoms with Gasteiger partial charge in [-0.25, -0.2) is 0 Å². The van der Waals surface area contributed by atoms with E-state index in [0.717, 1.165) is 11.1 Å². The summed E-state index contributed by atoms with van der Waals surface area (Å²) in [5.74, 6) is -0.332. The highest BCUT2D eigenvalue weighted by Gasteiger charge is 2.18. The van der Waals surface area contributed by atoms with Gasteiger partial charge in [-0.2, -0.15) is 0 Å². The predicted molar refractivity (Wildman–Crippen MR) is 90.8 cm³/mol. The molecule has 0 aliphatic heterocycles. The average molecular weight is 323 g/mol. The lowest BCUT2D eigenvalue weighted by Crippen LogP contribution is -2.02. The number of fused-ring (bicyclic) bond motifs is 1. The third-order valence-electron chi connectivity index (χ3n) is 4.08. The molecule has 0 fully saturated rings. The van der Waals surface area contributed by atoms with Crippen LogP contribution in [-0.4, -0.2) is 29.0 Å². The van der Waals surface area contributed by atoms with E-state index in [-0.39, 0.29) is 12.2 Å². The standard InChI is InChI=1S/C19H17NO4/c1-11-16(10-17(21)22)14-4-3-5-15(18(14)20-11)19(23)12-6-8-13(24-2)9-7-12/h3-9,20H,10H2,1-2H3,(H,21,22).